The second-order valence-electron chi connectivity index (χ2n) is 6.89. The van der Waals surface area contributed by atoms with Gasteiger partial charge in [0, 0.05) is 36.7 Å². The molecule has 1 amide bonds. The van der Waals surface area contributed by atoms with Crippen molar-refractivity contribution in [3.8, 4) is 5.75 Å². The maximum absolute atomic E-state index is 12.1. The third-order valence-corrected chi connectivity index (χ3v) is 5.96. The Labute approximate surface area is 184 Å². The number of carbonyl (C=O) groups is 1. The van der Waals surface area contributed by atoms with Crippen molar-refractivity contribution >= 4 is 45.0 Å². The molecule has 2 aromatic rings. The Balaban J connectivity index is 1.34. The Morgan fingerprint density at radius 2 is 1.93 bits per heavy atom. The first-order valence-corrected chi connectivity index (χ1v) is 10.9. The van der Waals surface area contributed by atoms with E-state index in [0.29, 0.717) is 23.0 Å². The highest BCUT2D eigenvalue weighted by molar-refractivity contribution is 9.10. The maximum atomic E-state index is 12.1. The Kier molecular flexibility index (Phi) is 8.03. The fraction of sp³-hybridized carbons (Fsp3) is 0.381. The summed E-state index contributed by atoms with van der Waals surface area (Å²) < 4.78 is 7.00. The van der Waals surface area contributed by atoms with Crippen LogP contribution in [0.5, 0.6) is 5.75 Å². The number of nitrogens with zero attached hydrogens (tertiary/aromatic N) is 1. The number of piperidine rings is 1. The van der Waals surface area contributed by atoms with Crippen LogP contribution < -0.4 is 10.1 Å². The minimum absolute atomic E-state index is 0.0518. The monoisotopic (exact) mass is 484 g/mol. The lowest BCUT2D eigenvalue weighted by Gasteiger charge is -2.32. The highest BCUT2D eigenvalue weighted by Gasteiger charge is 2.20. The molecule has 0 saturated carbocycles. The molecule has 0 spiro atoms. The molecule has 28 heavy (non-hydrogen) atoms. The fourth-order valence-electron chi connectivity index (χ4n) is 3.24. The zero-order valence-electron chi connectivity index (χ0n) is 15.5. The van der Waals surface area contributed by atoms with Crippen LogP contribution in [0.1, 0.15) is 18.4 Å². The number of hydrogen-bond donors (Lipinski definition) is 1. The number of amides is 1. The number of halogens is 3. The van der Waals surface area contributed by atoms with Gasteiger partial charge in [0.2, 0.25) is 5.91 Å². The molecule has 150 valence electrons. The second kappa shape index (κ2) is 10.5. The SMILES string of the molecule is O=C(Cc1cccc(Br)c1)NCCN1CCC(Oc2ccc(Cl)c(Cl)c2)CC1. The first kappa shape index (κ1) is 21.4. The Morgan fingerprint density at radius 3 is 2.64 bits per heavy atom. The average Bonchev–Trinajstić information content (AvgIpc) is 2.66. The van der Waals surface area contributed by atoms with Gasteiger partial charge in [-0.15, -0.1) is 0 Å². The summed E-state index contributed by atoms with van der Waals surface area (Å²) in [6.45, 7) is 3.41. The third kappa shape index (κ3) is 6.66. The summed E-state index contributed by atoms with van der Waals surface area (Å²) in [7, 11) is 0. The largest absolute Gasteiger partial charge is 0.490 e. The van der Waals surface area contributed by atoms with E-state index in [1.165, 1.54) is 0 Å². The fourth-order valence-corrected chi connectivity index (χ4v) is 3.98. The highest BCUT2D eigenvalue weighted by atomic mass is 79.9. The van der Waals surface area contributed by atoms with Crippen molar-refractivity contribution in [2.75, 3.05) is 26.2 Å². The van der Waals surface area contributed by atoms with E-state index in [1.807, 2.05) is 30.3 Å². The Bertz CT molecular complexity index is 811. The molecule has 1 heterocycles. The smallest absolute Gasteiger partial charge is 0.224 e. The van der Waals surface area contributed by atoms with Crippen LogP contribution >= 0.6 is 39.1 Å². The molecule has 1 aliphatic rings. The molecule has 3 rings (SSSR count). The summed E-state index contributed by atoms with van der Waals surface area (Å²) >= 11 is 15.4. The van der Waals surface area contributed by atoms with Gasteiger partial charge in [-0.25, -0.2) is 0 Å². The third-order valence-electron chi connectivity index (χ3n) is 4.73. The number of carbonyl (C=O) groups excluding carboxylic acids is 1. The van der Waals surface area contributed by atoms with Crippen LogP contribution in [0, 0.1) is 0 Å². The van der Waals surface area contributed by atoms with Crippen LogP contribution in [0.25, 0.3) is 0 Å². The van der Waals surface area contributed by atoms with Crippen LogP contribution in [-0.4, -0.2) is 43.1 Å². The summed E-state index contributed by atoms with van der Waals surface area (Å²) in [5, 5.41) is 4.05. The molecule has 2 aromatic carbocycles. The van der Waals surface area contributed by atoms with E-state index in [9.17, 15) is 4.79 Å². The van der Waals surface area contributed by atoms with Gasteiger partial charge in [-0.2, -0.15) is 0 Å². The molecule has 7 heteroatoms. The molecule has 1 aliphatic heterocycles. The summed E-state index contributed by atoms with van der Waals surface area (Å²) in [6.07, 6.45) is 2.48. The van der Waals surface area contributed by atoms with E-state index in [2.05, 4.69) is 26.1 Å². The summed E-state index contributed by atoms with van der Waals surface area (Å²) in [5.74, 6) is 0.809. The van der Waals surface area contributed by atoms with Gasteiger partial charge in [0.1, 0.15) is 11.9 Å². The predicted molar refractivity (Wildman–Crippen MR) is 117 cm³/mol. The lowest BCUT2D eigenvalue weighted by molar-refractivity contribution is -0.120. The van der Waals surface area contributed by atoms with E-state index in [-0.39, 0.29) is 12.0 Å². The Morgan fingerprint density at radius 1 is 1.14 bits per heavy atom. The number of hydrogen-bond acceptors (Lipinski definition) is 3. The van der Waals surface area contributed by atoms with Gasteiger partial charge in [0.05, 0.1) is 16.5 Å². The standard InChI is InChI=1S/C21H23BrCl2N2O2/c22-16-3-1-2-15(12-16)13-21(27)25-8-11-26-9-6-17(7-10-26)28-18-4-5-19(23)20(24)14-18/h1-5,12,14,17H,6-11,13H2,(H,25,27). The van der Waals surface area contributed by atoms with Crippen molar-refractivity contribution in [1.29, 1.82) is 0 Å². The predicted octanol–water partition coefficient (Wildman–Crippen LogP) is 4.96. The molecule has 0 aliphatic carbocycles. The molecule has 4 nitrogen and oxygen atoms in total. The normalized spacial score (nSPS) is 15.4. The highest BCUT2D eigenvalue weighted by Crippen LogP contribution is 2.28. The van der Waals surface area contributed by atoms with Crippen molar-refractivity contribution in [2.45, 2.75) is 25.4 Å². The second-order valence-corrected chi connectivity index (χ2v) is 8.62. The molecule has 0 radical (unpaired) electrons. The molecule has 0 aromatic heterocycles. The van der Waals surface area contributed by atoms with Crippen LogP contribution in [0.3, 0.4) is 0 Å². The van der Waals surface area contributed by atoms with E-state index in [1.54, 1.807) is 12.1 Å². The van der Waals surface area contributed by atoms with Gasteiger partial charge >= 0.3 is 0 Å². The van der Waals surface area contributed by atoms with Gasteiger partial charge in [-0.1, -0.05) is 51.3 Å². The van der Waals surface area contributed by atoms with Gasteiger partial charge in [-0.05, 0) is 42.7 Å². The van der Waals surface area contributed by atoms with E-state index in [0.717, 1.165) is 48.3 Å². The lowest BCUT2D eigenvalue weighted by Crippen LogP contribution is -2.42. The van der Waals surface area contributed by atoms with Crippen molar-refractivity contribution in [1.82, 2.24) is 10.2 Å². The molecular weight excluding hydrogens is 463 g/mol. The maximum Gasteiger partial charge on any atom is 0.224 e. The topological polar surface area (TPSA) is 41.6 Å². The zero-order valence-corrected chi connectivity index (χ0v) is 18.6. The minimum atomic E-state index is 0.0518. The molecule has 0 atom stereocenters. The molecule has 0 bridgehead atoms. The first-order valence-electron chi connectivity index (χ1n) is 9.35. The summed E-state index contributed by atoms with van der Waals surface area (Å²) in [6, 6.07) is 13.2. The summed E-state index contributed by atoms with van der Waals surface area (Å²) in [5.41, 5.74) is 1.01. The Hall–Kier alpha value is -1.27. The number of rotatable bonds is 7. The average molecular weight is 486 g/mol. The van der Waals surface area contributed by atoms with Crippen LogP contribution in [0.2, 0.25) is 10.0 Å². The quantitative estimate of drug-likeness (QED) is 0.602. The van der Waals surface area contributed by atoms with Gasteiger partial charge in [-0.3, -0.25) is 4.79 Å². The van der Waals surface area contributed by atoms with Gasteiger partial charge < -0.3 is 15.0 Å². The van der Waals surface area contributed by atoms with Crippen molar-refractivity contribution in [3.63, 3.8) is 0 Å². The number of nitrogens with one attached hydrogen (secondary N) is 1. The van der Waals surface area contributed by atoms with E-state index >= 15 is 0 Å². The lowest BCUT2D eigenvalue weighted by atomic mass is 10.1. The van der Waals surface area contributed by atoms with Gasteiger partial charge in [0.25, 0.3) is 0 Å². The number of ether oxygens (including phenoxy) is 1. The molecule has 1 fully saturated rings. The van der Waals surface area contributed by atoms with Crippen molar-refractivity contribution < 1.29 is 9.53 Å². The summed E-state index contributed by atoms with van der Waals surface area (Å²) in [4.78, 5) is 14.4. The van der Waals surface area contributed by atoms with E-state index in [4.69, 9.17) is 27.9 Å². The number of likely N-dealkylation sites (tertiary alicyclic amines) is 1. The van der Waals surface area contributed by atoms with Crippen LogP contribution in [0.15, 0.2) is 46.9 Å². The van der Waals surface area contributed by atoms with Crippen molar-refractivity contribution in [3.05, 3.63) is 62.5 Å². The molecule has 0 unspecified atom stereocenters. The molecular formula is C21H23BrCl2N2O2. The first-order chi connectivity index (χ1) is 13.5. The zero-order chi connectivity index (χ0) is 19.9. The van der Waals surface area contributed by atoms with Crippen LogP contribution in [-0.2, 0) is 11.2 Å². The van der Waals surface area contributed by atoms with Crippen molar-refractivity contribution in [2.24, 2.45) is 0 Å². The van der Waals surface area contributed by atoms with Crippen LogP contribution in [0.4, 0.5) is 0 Å². The van der Waals surface area contributed by atoms with E-state index < -0.39 is 0 Å². The minimum Gasteiger partial charge on any atom is -0.490 e. The molecule has 1 N–H and O–H groups in total. The number of benzene rings is 2. The molecule has 1 saturated heterocycles. The van der Waals surface area contributed by atoms with Gasteiger partial charge in [0.15, 0.2) is 0 Å².